The summed E-state index contributed by atoms with van der Waals surface area (Å²) < 4.78 is 27.4. The van der Waals surface area contributed by atoms with E-state index in [1.807, 2.05) is 0 Å². The van der Waals surface area contributed by atoms with E-state index in [0.717, 1.165) is 4.88 Å². The molecule has 0 aliphatic heterocycles. The number of aromatic nitrogens is 3. The quantitative estimate of drug-likeness (QED) is 0.802. The Morgan fingerprint density at radius 1 is 1.05 bits per heavy atom. The summed E-state index contributed by atoms with van der Waals surface area (Å²) in [5.74, 6) is -1.25. The van der Waals surface area contributed by atoms with Gasteiger partial charge in [-0.1, -0.05) is 17.4 Å². The molecular weight excluding hydrogens is 302 g/mol. The van der Waals surface area contributed by atoms with Crippen molar-refractivity contribution in [3.8, 4) is 20.5 Å². The Morgan fingerprint density at radius 2 is 1.80 bits per heavy atom. The summed E-state index contributed by atoms with van der Waals surface area (Å²) in [7, 11) is 1.75. The first-order chi connectivity index (χ1) is 9.69. The van der Waals surface area contributed by atoms with Crippen LogP contribution in [0.5, 0.6) is 0 Å². The Balaban J connectivity index is 2.02. The van der Waals surface area contributed by atoms with Crippen molar-refractivity contribution in [3.05, 3.63) is 36.0 Å². The van der Waals surface area contributed by atoms with Gasteiger partial charge in [-0.05, 0) is 12.1 Å². The van der Waals surface area contributed by atoms with E-state index in [1.54, 1.807) is 13.2 Å². The van der Waals surface area contributed by atoms with Crippen LogP contribution in [0.3, 0.4) is 0 Å². The van der Waals surface area contributed by atoms with Gasteiger partial charge >= 0.3 is 0 Å². The SMILES string of the molecule is CNc1nnc(-c2cnc(-c3c(F)cccc3F)s2)s1. The summed E-state index contributed by atoms with van der Waals surface area (Å²) in [6.45, 7) is 0. The molecule has 0 aliphatic rings. The Morgan fingerprint density at radius 3 is 2.45 bits per heavy atom. The van der Waals surface area contributed by atoms with Gasteiger partial charge < -0.3 is 5.32 Å². The maximum absolute atomic E-state index is 13.7. The van der Waals surface area contributed by atoms with Gasteiger partial charge in [0, 0.05) is 13.2 Å². The highest BCUT2D eigenvalue weighted by Crippen LogP contribution is 2.36. The highest BCUT2D eigenvalue weighted by atomic mass is 32.1. The fourth-order valence-electron chi connectivity index (χ4n) is 1.61. The van der Waals surface area contributed by atoms with Crippen LogP contribution in [0.15, 0.2) is 24.4 Å². The van der Waals surface area contributed by atoms with E-state index >= 15 is 0 Å². The number of thiazole rings is 1. The summed E-state index contributed by atoms with van der Waals surface area (Å²) in [5.41, 5.74) is -0.109. The first-order valence-electron chi connectivity index (χ1n) is 5.61. The molecule has 0 unspecified atom stereocenters. The van der Waals surface area contributed by atoms with E-state index < -0.39 is 11.6 Å². The van der Waals surface area contributed by atoms with Gasteiger partial charge in [0.2, 0.25) is 5.13 Å². The Labute approximate surface area is 121 Å². The smallest absolute Gasteiger partial charge is 0.205 e. The normalized spacial score (nSPS) is 10.8. The van der Waals surface area contributed by atoms with Gasteiger partial charge in [0.15, 0.2) is 5.01 Å². The Hall–Kier alpha value is -1.93. The molecule has 0 radical (unpaired) electrons. The summed E-state index contributed by atoms with van der Waals surface area (Å²) >= 11 is 2.53. The van der Waals surface area contributed by atoms with Crippen molar-refractivity contribution in [2.24, 2.45) is 0 Å². The molecule has 0 spiro atoms. The second-order valence-electron chi connectivity index (χ2n) is 3.79. The average molecular weight is 310 g/mol. The average Bonchev–Trinajstić information content (AvgIpc) is 3.06. The third kappa shape index (κ3) is 2.27. The molecule has 102 valence electrons. The fourth-order valence-corrected chi connectivity index (χ4v) is 3.31. The molecule has 0 atom stereocenters. The zero-order valence-electron chi connectivity index (χ0n) is 10.2. The van der Waals surface area contributed by atoms with Crippen LogP contribution in [0.4, 0.5) is 13.9 Å². The fraction of sp³-hybridized carbons (Fsp3) is 0.0833. The number of nitrogens with zero attached hydrogens (tertiary/aromatic N) is 3. The molecule has 0 bridgehead atoms. The number of hydrogen-bond acceptors (Lipinski definition) is 6. The molecule has 2 aromatic heterocycles. The molecule has 3 rings (SSSR count). The lowest BCUT2D eigenvalue weighted by Crippen LogP contribution is -1.87. The number of benzene rings is 1. The van der Waals surface area contributed by atoms with Crippen LogP contribution < -0.4 is 5.32 Å². The molecule has 2 heterocycles. The third-order valence-electron chi connectivity index (χ3n) is 2.53. The van der Waals surface area contributed by atoms with Gasteiger partial charge in [0.25, 0.3) is 0 Å². The number of hydrogen-bond donors (Lipinski definition) is 1. The largest absolute Gasteiger partial charge is 0.363 e. The van der Waals surface area contributed by atoms with Crippen molar-refractivity contribution in [3.63, 3.8) is 0 Å². The lowest BCUT2D eigenvalue weighted by Gasteiger charge is -1.99. The van der Waals surface area contributed by atoms with E-state index in [2.05, 4.69) is 20.5 Å². The van der Waals surface area contributed by atoms with Crippen LogP contribution in [0, 0.1) is 11.6 Å². The van der Waals surface area contributed by atoms with Crippen molar-refractivity contribution >= 4 is 27.8 Å². The highest BCUT2D eigenvalue weighted by Gasteiger charge is 2.16. The number of nitrogens with one attached hydrogen (secondary N) is 1. The van der Waals surface area contributed by atoms with E-state index in [0.29, 0.717) is 10.1 Å². The minimum Gasteiger partial charge on any atom is -0.363 e. The summed E-state index contributed by atoms with van der Waals surface area (Å²) in [4.78, 5) is 4.80. The van der Waals surface area contributed by atoms with Gasteiger partial charge in [0.05, 0.1) is 10.4 Å². The van der Waals surface area contributed by atoms with Gasteiger partial charge in [-0.25, -0.2) is 13.8 Å². The van der Waals surface area contributed by atoms with E-state index in [4.69, 9.17) is 0 Å². The van der Waals surface area contributed by atoms with Crippen LogP contribution in [-0.2, 0) is 0 Å². The van der Waals surface area contributed by atoms with Gasteiger partial charge in [-0.3, -0.25) is 0 Å². The highest BCUT2D eigenvalue weighted by molar-refractivity contribution is 7.24. The predicted molar refractivity (Wildman–Crippen MR) is 75.9 cm³/mol. The minimum atomic E-state index is -0.626. The lowest BCUT2D eigenvalue weighted by molar-refractivity contribution is 0.589. The van der Waals surface area contributed by atoms with Gasteiger partial charge in [-0.2, -0.15) is 0 Å². The van der Waals surface area contributed by atoms with Crippen molar-refractivity contribution in [1.29, 1.82) is 0 Å². The van der Waals surface area contributed by atoms with E-state index in [1.165, 1.54) is 40.9 Å². The molecule has 0 saturated heterocycles. The molecular formula is C12H8F2N4S2. The van der Waals surface area contributed by atoms with Crippen LogP contribution in [0.1, 0.15) is 0 Å². The van der Waals surface area contributed by atoms with Crippen molar-refractivity contribution in [2.75, 3.05) is 12.4 Å². The predicted octanol–water partition coefficient (Wildman–Crippen LogP) is 3.65. The van der Waals surface area contributed by atoms with Crippen molar-refractivity contribution in [2.45, 2.75) is 0 Å². The van der Waals surface area contributed by atoms with Gasteiger partial charge in [-0.15, -0.1) is 21.5 Å². The molecule has 0 amide bonds. The van der Waals surface area contributed by atoms with E-state index in [-0.39, 0.29) is 10.6 Å². The second kappa shape index (κ2) is 5.22. The van der Waals surface area contributed by atoms with Crippen molar-refractivity contribution < 1.29 is 8.78 Å². The van der Waals surface area contributed by atoms with Gasteiger partial charge in [0.1, 0.15) is 16.6 Å². The number of halogens is 2. The maximum Gasteiger partial charge on any atom is 0.205 e. The van der Waals surface area contributed by atoms with Crippen LogP contribution in [0.2, 0.25) is 0 Å². The third-order valence-corrected chi connectivity index (χ3v) is 4.66. The second-order valence-corrected chi connectivity index (χ2v) is 5.80. The molecule has 0 aliphatic carbocycles. The summed E-state index contributed by atoms with van der Waals surface area (Å²) in [6, 6.07) is 3.75. The van der Waals surface area contributed by atoms with Crippen LogP contribution in [0.25, 0.3) is 20.5 Å². The molecule has 0 saturated carbocycles. The Bertz CT molecular complexity index is 733. The molecule has 1 aromatic carbocycles. The van der Waals surface area contributed by atoms with Crippen LogP contribution in [-0.4, -0.2) is 22.2 Å². The summed E-state index contributed by atoms with van der Waals surface area (Å²) in [5, 5.41) is 12.4. The summed E-state index contributed by atoms with van der Waals surface area (Å²) in [6.07, 6.45) is 1.55. The monoisotopic (exact) mass is 310 g/mol. The van der Waals surface area contributed by atoms with E-state index in [9.17, 15) is 8.78 Å². The standard InChI is InChI=1S/C12H8F2N4S2/c1-15-12-18-17-10(20-12)8-5-16-11(19-8)9-6(13)3-2-4-7(9)14/h2-5H,1H3,(H,15,18). The van der Waals surface area contributed by atoms with Crippen LogP contribution >= 0.6 is 22.7 Å². The minimum absolute atomic E-state index is 0.109. The molecule has 1 N–H and O–H groups in total. The van der Waals surface area contributed by atoms with Crippen molar-refractivity contribution in [1.82, 2.24) is 15.2 Å². The first-order valence-corrected chi connectivity index (χ1v) is 7.24. The first kappa shape index (κ1) is 13.1. The number of rotatable bonds is 3. The zero-order chi connectivity index (χ0) is 14.1. The Kier molecular flexibility index (Phi) is 3.41. The topological polar surface area (TPSA) is 50.7 Å². The molecule has 0 fully saturated rings. The molecule has 8 heteroatoms. The zero-order valence-corrected chi connectivity index (χ0v) is 11.9. The molecule has 20 heavy (non-hydrogen) atoms. The molecule has 3 aromatic rings. The molecule has 4 nitrogen and oxygen atoms in total. The lowest BCUT2D eigenvalue weighted by atomic mass is 10.2. The number of anilines is 1. The maximum atomic E-state index is 13.7.